The second-order valence-electron chi connectivity index (χ2n) is 3.33. The molecule has 0 saturated carbocycles. The van der Waals surface area contributed by atoms with Crippen LogP contribution in [0.25, 0.3) is 0 Å². The molecule has 0 aromatic rings. The van der Waals surface area contributed by atoms with E-state index in [9.17, 15) is 0 Å². The van der Waals surface area contributed by atoms with E-state index in [1.807, 2.05) is 20.0 Å². The van der Waals surface area contributed by atoms with Crippen molar-refractivity contribution in [1.29, 1.82) is 0 Å². The van der Waals surface area contributed by atoms with E-state index < -0.39 is 0 Å². The zero-order valence-corrected chi connectivity index (χ0v) is 9.04. The van der Waals surface area contributed by atoms with Gasteiger partial charge in [-0.2, -0.15) is 0 Å². The van der Waals surface area contributed by atoms with Crippen LogP contribution in [0, 0.1) is 0 Å². The molecule has 0 aliphatic rings. The minimum atomic E-state index is 0.427. The minimum absolute atomic E-state index is 0.427. The molecular formula is C10H21N3. The molecule has 0 spiro atoms. The van der Waals surface area contributed by atoms with Crippen LogP contribution in [0.2, 0.25) is 0 Å². The van der Waals surface area contributed by atoms with Gasteiger partial charge in [-0.1, -0.05) is 6.92 Å². The lowest BCUT2D eigenvalue weighted by Crippen LogP contribution is -2.27. The number of likely N-dealkylation sites (N-methyl/N-ethyl adjacent to an activating group) is 1. The molecule has 0 atom stereocenters. The molecule has 0 aromatic carbocycles. The molecule has 0 radical (unpaired) electrons. The summed E-state index contributed by atoms with van der Waals surface area (Å²) >= 11 is 0. The van der Waals surface area contributed by atoms with Gasteiger partial charge in [0.25, 0.3) is 0 Å². The molecule has 0 rings (SSSR count). The lowest BCUT2D eigenvalue weighted by Gasteiger charge is -2.26. The average Bonchev–Trinajstić information content (AvgIpc) is 2.11. The number of allylic oxidation sites excluding steroid dienone is 2. The Labute approximate surface area is 81.1 Å². The summed E-state index contributed by atoms with van der Waals surface area (Å²) in [5.41, 5.74) is 13.1. The fourth-order valence-electron chi connectivity index (χ4n) is 1.00. The maximum absolute atomic E-state index is 5.87. The highest BCUT2D eigenvalue weighted by atomic mass is 15.1. The molecule has 0 aliphatic heterocycles. The number of hydrogen-bond acceptors (Lipinski definition) is 3. The van der Waals surface area contributed by atoms with Gasteiger partial charge >= 0.3 is 0 Å². The lowest BCUT2D eigenvalue weighted by molar-refractivity contribution is 0.350. The fourth-order valence-corrected chi connectivity index (χ4v) is 1.00. The summed E-state index contributed by atoms with van der Waals surface area (Å²) in [6.07, 6.45) is 4.21. The molecule has 0 unspecified atom stereocenters. The second kappa shape index (κ2) is 5.51. The van der Waals surface area contributed by atoms with Gasteiger partial charge in [0.2, 0.25) is 0 Å². The van der Waals surface area contributed by atoms with Crippen molar-refractivity contribution in [3.05, 3.63) is 23.7 Å². The first-order valence-corrected chi connectivity index (χ1v) is 4.64. The van der Waals surface area contributed by atoms with Crippen molar-refractivity contribution in [3.63, 3.8) is 0 Å². The Hall–Kier alpha value is -1.12. The van der Waals surface area contributed by atoms with Crippen LogP contribution < -0.4 is 11.5 Å². The van der Waals surface area contributed by atoms with Crippen LogP contribution in [0.5, 0.6) is 0 Å². The molecule has 0 aromatic heterocycles. The molecule has 0 aliphatic carbocycles. The van der Waals surface area contributed by atoms with E-state index in [0.717, 1.165) is 17.8 Å². The topological polar surface area (TPSA) is 55.3 Å². The van der Waals surface area contributed by atoms with Crippen LogP contribution in [0.1, 0.15) is 27.2 Å². The van der Waals surface area contributed by atoms with Gasteiger partial charge in [0.15, 0.2) is 0 Å². The third-order valence-electron chi connectivity index (χ3n) is 2.12. The Morgan fingerprint density at radius 3 is 2.31 bits per heavy atom. The molecule has 0 saturated heterocycles. The SMILES string of the molecule is CC/C(N)=C(/C=C\N)N(C)C(C)C. The third kappa shape index (κ3) is 3.40. The van der Waals surface area contributed by atoms with E-state index in [-0.39, 0.29) is 0 Å². The van der Waals surface area contributed by atoms with E-state index in [4.69, 9.17) is 11.5 Å². The minimum Gasteiger partial charge on any atom is -0.405 e. The van der Waals surface area contributed by atoms with E-state index >= 15 is 0 Å². The predicted octanol–water partition coefficient (Wildman–Crippen LogP) is 1.38. The van der Waals surface area contributed by atoms with Crippen molar-refractivity contribution in [3.8, 4) is 0 Å². The highest BCUT2D eigenvalue weighted by molar-refractivity contribution is 5.22. The lowest BCUT2D eigenvalue weighted by atomic mass is 10.2. The molecule has 0 heterocycles. The Morgan fingerprint density at radius 1 is 1.46 bits per heavy atom. The molecule has 0 bridgehead atoms. The van der Waals surface area contributed by atoms with Crippen molar-refractivity contribution >= 4 is 0 Å². The fraction of sp³-hybridized carbons (Fsp3) is 0.600. The van der Waals surface area contributed by atoms with Crippen LogP contribution in [-0.2, 0) is 0 Å². The monoisotopic (exact) mass is 183 g/mol. The molecule has 13 heavy (non-hydrogen) atoms. The molecule has 0 fully saturated rings. The Balaban J connectivity index is 4.81. The van der Waals surface area contributed by atoms with Gasteiger partial charge in [0, 0.05) is 18.8 Å². The van der Waals surface area contributed by atoms with Crippen LogP contribution in [-0.4, -0.2) is 18.0 Å². The first-order chi connectivity index (χ1) is 6.04. The zero-order valence-electron chi connectivity index (χ0n) is 9.04. The Bertz CT molecular complexity index is 204. The Kier molecular flexibility index (Phi) is 5.04. The van der Waals surface area contributed by atoms with Crippen LogP contribution >= 0.6 is 0 Å². The smallest absolute Gasteiger partial charge is 0.0570 e. The van der Waals surface area contributed by atoms with Crippen molar-refractivity contribution in [2.45, 2.75) is 33.2 Å². The molecule has 76 valence electrons. The summed E-state index contributed by atoms with van der Waals surface area (Å²) < 4.78 is 0. The van der Waals surface area contributed by atoms with Crippen LogP contribution in [0.4, 0.5) is 0 Å². The van der Waals surface area contributed by atoms with E-state index in [0.29, 0.717) is 6.04 Å². The highest BCUT2D eigenvalue weighted by Crippen LogP contribution is 2.12. The van der Waals surface area contributed by atoms with Crippen molar-refractivity contribution in [2.75, 3.05) is 7.05 Å². The van der Waals surface area contributed by atoms with Gasteiger partial charge in [-0.15, -0.1) is 0 Å². The average molecular weight is 183 g/mol. The molecule has 4 N–H and O–H groups in total. The van der Waals surface area contributed by atoms with Crippen molar-refractivity contribution in [2.24, 2.45) is 11.5 Å². The molecular weight excluding hydrogens is 162 g/mol. The van der Waals surface area contributed by atoms with Gasteiger partial charge in [-0.25, -0.2) is 0 Å². The van der Waals surface area contributed by atoms with Gasteiger partial charge in [0.1, 0.15) is 0 Å². The number of rotatable bonds is 4. The number of nitrogens with zero attached hydrogens (tertiary/aromatic N) is 1. The molecule has 3 heteroatoms. The summed E-state index contributed by atoms with van der Waals surface area (Å²) in [5.74, 6) is 0. The largest absolute Gasteiger partial charge is 0.405 e. The third-order valence-corrected chi connectivity index (χ3v) is 2.12. The predicted molar refractivity (Wildman–Crippen MR) is 57.7 cm³/mol. The van der Waals surface area contributed by atoms with Gasteiger partial charge < -0.3 is 16.4 Å². The summed E-state index contributed by atoms with van der Waals surface area (Å²) in [6, 6.07) is 0.427. The van der Waals surface area contributed by atoms with E-state index in [1.54, 1.807) is 0 Å². The normalized spacial score (nSPS) is 13.6. The first-order valence-electron chi connectivity index (χ1n) is 4.64. The van der Waals surface area contributed by atoms with Gasteiger partial charge in [0.05, 0.1) is 5.70 Å². The zero-order chi connectivity index (χ0) is 10.4. The number of hydrogen-bond donors (Lipinski definition) is 2. The maximum atomic E-state index is 5.87. The Morgan fingerprint density at radius 2 is 2.00 bits per heavy atom. The first kappa shape index (κ1) is 11.9. The second-order valence-corrected chi connectivity index (χ2v) is 3.33. The quantitative estimate of drug-likeness (QED) is 0.647. The summed E-state index contributed by atoms with van der Waals surface area (Å²) in [4.78, 5) is 2.11. The highest BCUT2D eigenvalue weighted by Gasteiger charge is 2.07. The van der Waals surface area contributed by atoms with Gasteiger partial charge in [-0.3, -0.25) is 0 Å². The van der Waals surface area contributed by atoms with Crippen LogP contribution in [0.3, 0.4) is 0 Å². The number of nitrogens with two attached hydrogens (primary N) is 2. The van der Waals surface area contributed by atoms with Gasteiger partial charge in [-0.05, 0) is 32.5 Å². The van der Waals surface area contributed by atoms with Crippen molar-refractivity contribution in [1.82, 2.24) is 4.90 Å². The summed E-state index contributed by atoms with van der Waals surface area (Å²) in [7, 11) is 2.02. The summed E-state index contributed by atoms with van der Waals surface area (Å²) in [6.45, 7) is 6.27. The van der Waals surface area contributed by atoms with Crippen molar-refractivity contribution < 1.29 is 0 Å². The molecule has 0 amide bonds. The van der Waals surface area contributed by atoms with Crippen LogP contribution in [0.15, 0.2) is 23.7 Å². The standard InChI is InChI=1S/C10H21N3/c1-5-9(12)10(6-7-11)13(4)8(2)3/h6-8H,5,11-12H2,1-4H3/b7-6-,10-9+. The van der Waals surface area contributed by atoms with E-state index in [2.05, 4.69) is 18.7 Å². The maximum Gasteiger partial charge on any atom is 0.0570 e. The van der Waals surface area contributed by atoms with E-state index in [1.165, 1.54) is 6.20 Å². The summed E-state index contributed by atoms with van der Waals surface area (Å²) in [5, 5.41) is 0. The molecule has 3 nitrogen and oxygen atoms in total.